The number of ether oxygens (including phenoxy) is 1. The van der Waals surface area contributed by atoms with Crippen molar-refractivity contribution in [1.29, 1.82) is 0 Å². The van der Waals surface area contributed by atoms with Gasteiger partial charge in [-0.05, 0) is 62.0 Å². The highest BCUT2D eigenvalue weighted by atomic mass is 35.5. The summed E-state index contributed by atoms with van der Waals surface area (Å²) in [5.41, 5.74) is 0.680. The van der Waals surface area contributed by atoms with Gasteiger partial charge in [-0.25, -0.2) is 14.8 Å². The predicted molar refractivity (Wildman–Crippen MR) is 162 cm³/mol. The van der Waals surface area contributed by atoms with Crippen LogP contribution in [-0.4, -0.2) is 72.2 Å². The Kier molecular flexibility index (Phi) is 9.49. The topological polar surface area (TPSA) is 94.7 Å². The lowest BCUT2D eigenvalue weighted by Crippen LogP contribution is -2.44. The zero-order valence-corrected chi connectivity index (χ0v) is 24.2. The second-order valence-corrected chi connectivity index (χ2v) is 10.6. The molecule has 1 saturated heterocycles. The molecule has 13 heteroatoms. The first-order chi connectivity index (χ1) is 20.6. The summed E-state index contributed by atoms with van der Waals surface area (Å²) in [5, 5.41) is 8.60. The molecule has 0 atom stereocenters. The SMILES string of the molecule is CN1CCN(CCCOc2ccc3c(Nc4cccc(NC(=O)Nc5ccc(Cl)c(C(F)(F)F)c5)c4)ncnc3c2)CC1. The van der Waals surface area contributed by atoms with Gasteiger partial charge >= 0.3 is 12.2 Å². The molecule has 3 N–H and O–H groups in total. The van der Waals surface area contributed by atoms with Crippen LogP contribution in [0.1, 0.15) is 12.0 Å². The molecule has 1 fully saturated rings. The Morgan fingerprint density at radius 2 is 1.70 bits per heavy atom. The molecular formula is C30H31ClF3N7O2. The van der Waals surface area contributed by atoms with Gasteiger partial charge in [0.1, 0.15) is 17.9 Å². The quantitative estimate of drug-likeness (QED) is 0.181. The molecule has 0 saturated carbocycles. The molecule has 0 bridgehead atoms. The van der Waals surface area contributed by atoms with Crippen LogP contribution in [0.5, 0.6) is 5.75 Å². The number of urea groups is 1. The number of halogens is 4. The number of likely N-dealkylation sites (N-methyl/N-ethyl adjacent to an activating group) is 1. The fourth-order valence-corrected chi connectivity index (χ4v) is 4.93. The number of benzene rings is 3. The average Bonchev–Trinajstić information content (AvgIpc) is 2.97. The lowest BCUT2D eigenvalue weighted by Gasteiger charge is -2.32. The molecular weight excluding hydrogens is 583 g/mol. The summed E-state index contributed by atoms with van der Waals surface area (Å²) < 4.78 is 45.4. The summed E-state index contributed by atoms with van der Waals surface area (Å²) in [5.74, 6) is 1.30. The Hall–Kier alpha value is -4.13. The Balaban J connectivity index is 1.18. The summed E-state index contributed by atoms with van der Waals surface area (Å²) in [4.78, 5) is 26.1. The molecule has 3 aromatic carbocycles. The third-order valence-corrected chi connectivity index (χ3v) is 7.33. The van der Waals surface area contributed by atoms with Crippen molar-refractivity contribution >= 4 is 51.4 Å². The van der Waals surface area contributed by atoms with Crippen LogP contribution in [0.15, 0.2) is 67.0 Å². The highest BCUT2D eigenvalue weighted by Crippen LogP contribution is 2.36. The fourth-order valence-electron chi connectivity index (χ4n) is 4.70. The van der Waals surface area contributed by atoms with E-state index in [0.29, 0.717) is 29.3 Å². The number of amides is 2. The molecule has 1 aromatic heterocycles. The van der Waals surface area contributed by atoms with Gasteiger partial charge in [0.05, 0.1) is 22.7 Å². The molecule has 4 aromatic rings. The van der Waals surface area contributed by atoms with Crippen molar-refractivity contribution in [2.45, 2.75) is 12.6 Å². The number of alkyl halides is 3. The number of fused-ring (bicyclic) bond motifs is 1. The Morgan fingerprint density at radius 3 is 2.47 bits per heavy atom. The van der Waals surface area contributed by atoms with E-state index in [9.17, 15) is 18.0 Å². The highest BCUT2D eigenvalue weighted by molar-refractivity contribution is 6.31. The first-order valence-corrected chi connectivity index (χ1v) is 14.1. The van der Waals surface area contributed by atoms with E-state index in [4.69, 9.17) is 16.3 Å². The van der Waals surface area contributed by atoms with Crippen LogP contribution in [0, 0.1) is 0 Å². The summed E-state index contributed by atoms with van der Waals surface area (Å²) in [7, 11) is 2.15. The predicted octanol–water partition coefficient (Wildman–Crippen LogP) is 6.71. The molecule has 2 heterocycles. The minimum atomic E-state index is -4.64. The maximum Gasteiger partial charge on any atom is 0.417 e. The van der Waals surface area contributed by atoms with E-state index in [1.165, 1.54) is 12.4 Å². The number of hydrogen-bond acceptors (Lipinski definition) is 7. The van der Waals surface area contributed by atoms with Crippen molar-refractivity contribution < 1.29 is 22.7 Å². The van der Waals surface area contributed by atoms with Crippen molar-refractivity contribution in [2.75, 3.05) is 62.3 Å². The van der Waals surface area contributed by atoms with E-state index in [1.54, 1.807) is 24.3 Å². The highest BCUT2D eigenvalue weighted by Gasteiger charge is 2.33. The number of rotatable bonds is 9. The van der Waals surface area contributed by atoms with Gasteiger partial charge < -0.3 is 30.5 Å². The molecule has 1 aliphatic rings. The Labute approximate surface area is 252 Å². The van der Waals surface area contributed by atoms with Crippen molar-refractivity contribution in [3.8, 4) is 5.75 Å². The average molecular weight is 614 g/mol. The number of hydrogen-bond donors (Lipinski definition) is 3. The maximum absolute atomic E-state index is 13.1. The summed E-state index contributed by atoms with van der Waals surface area (Å²) in [6.45, 7) is 5.98. The normalized spacial score (nSPS) is 14.4. The minimum absolute atomic E-state index is 0.0469. The molecule has 0 radical (unpaired) electrons. The standard InChI is InChI=1S/C30H31ClF3N7O2/c1-40-11-13-41(14-12-40)10-3-15-43-23-7-8-24-27(18-23)35-19-36-28(24)37-20-4-2-5-21(16-20)38-29(42)39-22-6-9-26(31)25(17-22)30(32,33)34/h2,4-9,16-19H,3,10-15H2,1H3,(H,35,36,37)(H2,38,39,42). The van der Waals surface area contributed by atoms with Crippen molar-refractivity contribution in [2.24, 2.45) is 0 Å². The van der Waals surface area contributed by atoms with Crippen LogP contribution >= 0.6 is 11.6 Å². The molecule has 9 nitrogen and oxygen atoms in total. The lowest BCUT2D eigenvalue weighted by atomic mass is 10.2. The third kappa shape index (κ3) is 8.25. The van der Waals surface area contributed by atoms with Crippen LogP contribution in [0.4, 0.5) is 40.8 Å². The van der Waals surface area contributed by atoms with E-state index in [2.05, 4.69) is 42.8 Å². The van der Waals surface area contributed by atoms with Gasteiger partial charge in [0, 0.05) is 61.2 Å². The molecule has 0 spiro atoms. The maximum atomic E-state index is 13.1. The fraction of sp³-hybridized carbons (Fsp3) is 0.300. The van der Waals surface area contributed by atoms with Crippen molar-refractivity contribution in [1.82, 2.24) is 19.8 Å². The minimum Gasteiger partial charge on any atom is -0.493 e. The molecule has 5 rings (SSSR count). The van der Waals surface area contributed by atoms with Gasteiger partial charge in [0.15, 0.2) is 0 Å². The van der Waals surface area contributed by atoms with E-state index in [0.717, 1.165) is 62.4 Å². The van der Waals surface area contributed by atoms with Crippen LogP contribution in [-0.2, 0) is 6.18 Å². The molecule has 226 valence electrons. The Bertz CT molecular complexity index is 1580. The second-order valence-electron chi connectivity index (χ2n) is 10.2. The molecule has 43 heavy (non-hydrogen) atoms. The van der Waals surface area contributed by atoms with Gasteiger partial charge in [-0.3, -0.25) is 0 Å². The van der Waals surface area contributed by atoms with Gasteiger partial charge in [0.25, 0.3) is 0 Å². The van der Waals surface area contributed by atoms with E-state index in [1.807, 2.05) is 18.2 Å². The smallest absolute Gasteiger partial charge is 0.417 e. The number of nitrogens with one attached hydrogen (secondary N) is 3. The zero-order valence-electron chi connectivity index (χ0n) is 23.4. The van der Waals surface area contributed by atoms with Crippen LogP contribution in [0.2, 0.25) is 5.02 Å². The first-order valence-electron chi connectivity index (χ1n) is 13.7. The van der Waals surface area contributed by atoms with E-state index in [-0.39, 0.29) is 5.69 Å². The third-order valence-electron chi connectivity index (χ3n) is 7.00. The number of nitrogens with zero attached hydrogens (tertiary/aromatic N) is 4. The summed E-state index contributed by atoms with van der Waals surface area (Å²) in [6, 6.07) is 14.9. The van der Waals surface area contributed by atoms with E-state index >= 15 is 0 Å². The van der Waals surface area contributed by atoms with Crippen molar-refractivity contribution in [3.05, 3.63) is 77.6 Å². The monoisotopic (exact) mass is 613 g/mol. The molecule has 1 aliphatic heterocycles. The lowest BCUT2D eigenvalue weighted by molar-refractivity contribution is -0.137. The molecule has 0 aliphatic carbocycles. The van der Waals surface area contributed by atoms with Gasteiger partial charge in [-0.15, -0.1) is 0 Å². The second kappa shape index (κ2) is 13.4. The number of carbonyl (C=O) groups excluding carboxylic acids is 1. The van der Waals surface area contributed by atoms with Crippen LogP contribution < -0.4 is 20.7 Å². The number of anilines is 4. The van der Waals surface area contributed by atoms with Gasteiger partial charge in [-0.1, -0.05) is 17.7 Å². The van der Waals surface area contributed by atoms with Crippen molar-refractivity contribution in [3.63, 3.8) is 0 Å². The van der Waals surface area contributed by atoms with Crippen LogP contribution in [0.25, 0.3) is 10.9 Å². The summed E-state index contributed by atoms with van der Waals surface area (Å²) in [6.07, 6.45) is -2.25. The number of carbonyl (C=O) groups is 1. The number of aromatic nitrogens is 2. The first kappa shape index (κ1) is 30.3. The van der Waals surface area contributed by atoms with Gasteiger partial charge in [-0.2, -0.15) is 13.2 Å². The molecule has 2 amide bonds. The van der Waals surface area contributed by atoms with Crippen LogP contribution in [0.3, 0.4) is 0 Å². The number of piperazine rings is 1. The molecule has 0 unspecified atom stereocenters. The summed E-state index contributed by atoms with van der Waals surface area (Å²) >= 11 is 5.66. The largest absolute Gasteiger partial charge is 0.493 e. The Morgan fingerprint density at radius 1 is 0.953 bits per heavy atom. The zero-order chi connectivity index (χ0) is 30.4. The van der Waals surface area contributed by atoms with E-state index < -0.39 is 22.8 Å². The van der Waals surface area contributed by atoms with Gasteiger partial charge in [0.2, 0.25) is 0 Å².